The minimum absolute atomic E-state index is 0.134. The Labute approximate surface area is 130 Å². The fourth-order valence-electron chi connectivity index (χ4n) is 1.98. The molecule has 0 bridgehead atoms. The summed E-state index contributed by atoms with van der Waals surface area (Å²) in [5.41, 5.74) is 0.744. The summed E-state index contributed by atoms with van der Waals surface area (Å²) in [6.45, 7) is 5.00. The average Bonchev–Trinajstić information content (AvgIpc) is 2.48. The Hall–Kier alpha value is -2.24. The summed E-state index contributed by atoms with van der Waals surface area (Å²) in [5.74, 6) is -0.442. The zero-order valence-electron chi connectivity index (χ0n) is 13.1. The molecule has 122 valence electrons. The molecule has 0 radical (unpaired) electrons. The highest BCUT2D eigenvalue weighted by molar-refractivity contribution is 5.71. The van der Waals surface area contributed by atoms with Gasteiger partial charge in [-0.05, 0) is 26.0 Å². The van der Waals surface area contributed by atoms with E-state index >= 15 is 0 Å². The van der Waals surface area contributed by atoms with Gasteiger partial charge in [0.1, 0.15) is 5.75 Å². The largest absolute Gasteiger partial charge is 0.508 e. The molecule has 0 saturated carbocycles. The number of esters is 2. The number of hydrogen-bond donors (Lipinski definition) is 1. The number of ether oxygens (including phenoxy) is 2. The minimum atomic E-state index is -0.288. The van der Waals surface area contributed by atoms with Crippen LogP contribution < -0.4 is 4.90 Å². The number of hydrogen-bond acceptors (Lipinski definition) is 6. The van der Waals surface area contributed by atoms with Gasteiger partial charge in [-0.3, -0.25) is 9.59 Å². The first-order valence-electron chi connectivity index (χ1n) is 7.42. The first kappa shape index (κ1) is 17.8. The van der Waals surface area contributed by atoms with Crippen LogP contribution in [0.3, 0.4) is 0 Å². The summed E-state index contributed by atoms with van der Waals surface area (Å²) in [6, 6.07) is 6.69. The number of phenols is 1. The van der Waals surface area contributed by atoms with Gasteiger partial charge in [0, 0.05) is 24.8 Å². The molecule has 0 saturated heterocycles. The highest BCUT2D eigenvalue weighted by Crippen LogP contribution is 2.20. The van der Waals surface area contributed by atoms with E-state index in [0.717, 1.165) is 5.69 Å². The second kappa shape index (κ2) is 9.65. The Balaban J connectivity index is 2.68. The SMILES string of the molecule is CCOC(=O)CCN(CCC(=O)OCC)c1cccc(O)c1. The second-order valence-corrected chi connectivity index (χ2v) is 4.62. The van der Waals surface area contributed by atoms with Gasteiger partial charge in [-0.2, -0.15) is 0 Å². The van der Waals surface area contributed by atoms with Crippen molar-refractivity contribution in [1.29, 1.82) is 0 Å². The van der Waals surface area contributed by atoms with Gasteiger partial charge in [-0.25, -0.2) is 0 Å². The van der Waals surface area contributed by atoms with Gasteiger partial charge in [0.05, 0.1) is 26.1 Å². The van der Waals surface area contributed by atoms with Crippen LogP contribution in [0.4, 0.5) is 5.69 Å². The molecule has 0 aromatic heterocycles. The normalized spacial score (nSPS) is 10.1. The fourth-order valence-corrected chi connectivity index (χ4v) is 1.98. The van der Waals surface area contributed by atoms with Gasteiger partial charge in [0.25, 0.3) is 0 Å². The Bertz CT molecular complexity index is 467. The van der Waals surface area contributed by atoms with Crippen molar-refractivity contribution in [3.05, 3.63) is 24.3 Å². The molecule has 0 aliphatic heterocycles. The molecular weight excluding hydrogens is 286 g/mol. The molecular formula is C16H23NO5. The number of rotatable bonds is 9. The summed E-state index contributed by atoms with van der Waals surface area (Å²) >= 11 is 0. The van der Waals surface area contributed by atoms with Crippen LogP contribution in [-0.2, 0) is 19.1 Å². The van der Waals surface area contributed by atoms with Crippen LogP contribution in [0, 0.1) is 0 Å². The Kier molecular flexibility index (Phi) is 7.81. The molecule has 6 nitrogen and oxygen atoms in total. The quantitative estimate of drug-likeness (QED) is 0.704. The lowest BCUT2D eigenvalue weighted by Crippen LogP contribution is -2.29. The van der Waals surface area contributed by atoms with E-state index in [1.54, 1.807) is 32.0 Å². The standard InChI is InChI=1S/C16H23NO5/c1-3-21-15(19)8-10-17(11-9-16(20)22-4-2)13-6-5-7-14(18)12-13/h5-7,12,18H,3-4,8-11H2,1-2H3. The molecule has 0 aliphatic rings. The van der Waals surface area contributed by atoms with Gasteiger partial charge in [-0.1, -0.05) is 6.07 Å². The molecule has 1 rings (SSSR count). The third-order valence-corrected chi connectivity index (χ3v) is 2.98. The predicted molar refractivity (Wildman–Crippen MR) is 82.8 cm³/mol. The smallest absolute Gasteiger partial charge is 0.307 e. The van der Waals surface area contributed by atoms with E-state index in [0.29, 0.717) is 26.3 Å². The van der Waals surface area contributed by atoms with E-state index in [1.165, 1.54) is 0 Å². The van der Waals surface area contributed by atoms with Crippen molar-refractivity contribution in [3.63, 3.8) is 0 Å². The van der Waals surface area contributed by atoms with Crippen LogP contribution in [-0.4, -0.2) is 43.3 Å². The molecule has 0 heterocycles. The molecule has 6 heteroatoms. The average molecular weight is 309 g/mol. The highest BCUT2D eigenvalue weighted by atomic mass is 16.5. The van der Waals surface area contributed by atoms with Crippen LogP contribution in [0.25, 0.3) is 0 Å². The van der Waals surface area contributed by atoms with Gasteiger partial charge >= 0.3 is 11.9 Å². The molecule has 0 atom stereocenters. The molecule has 0 spiro atoms. The number of aromatic hydroxyl groups is 1. The predicted octanol–water partition coefficient (Wildman–Crippen LogP) is 2.10. The summed E-state index contributed by atoms with van der Waals surface area (Å²) in [5, 5.41) is 9.58. The van der Waals surface area contributed by atoms with Crippen molar-refractivity contribution in [2.45, 2.75) is 26.7 Å². The number of anilines is 1. The fraction of sp³-hybridized carbons (Fsp3) is 0.500. The molecule has 0 unspecified atom stereocenters. The topological polar surface area (TPSA) is 76.1 Å². The van der Waals surface area contributed by atoms with Gasteiger partial charge in [0.2, 0.25) is 0 Å². The molecule has 22 heavy (non-hydrogen) atoms. The van der Waals surface area contributed by atoms with Crippen LogP contribution in [0.2, 0.25) is 0 Å². The summed E-state index contributed by atoms with van der Waals surface area (Å²) in [4.78, 5) is 24.8. The minimum Gasteiger partial charge on any atom is -0.508 e. The lowest BCUT2D eigenvalue weighted by atomic mass is 10.2. The lowest BCUT2D eigenvalue weighted by Gasteiger charge is -2.24. The van der Waals surface area contributed by atoms with Crippen LogP contribution in [0.1, 0.15) is 26.7 Å². The zero-order chi connectivity index (χ0) is 16.4. The van der Waals surface area contributed by atoms with Crippen molar-refractivity contribution in [3.8, 4) is 5.75 Å². The molecule has 1 aromatic rings. The van der Waals surface area contributed by atoms with E-state index in [4.69, 9.17) is 9.47 Å². The van der Waals surface area contributed by atoms with Crippen molar-refractivity contribution in [2.24, 2.45) is 0 Å². The molecule has 0 amide bonds. The molecule has 1 N–H and O–H groups in total. The number of phenolic OH excluding ortho intramolecular Hbond substituents is 1. The summed E-state index contributed by atoms with van der Waals surface area (Å²) < 4.78 is 9.82. The van der Waals surface area contributed by atoms with Crippen molar-refractivity contribution in [2.75, 3.05) is 31.2 Å². The monoisotopic (exact) mass is 309 g/mol. The van der Waals surface area contributed by atoms with Crippen molar-refractivity contribution >= 4 is 17.6 Å². The van der Waals surface area contributed by atoms with Crippen LogP contribution in [0.15, 0.2) is 24.3 Å². The van der Waals surface area contributed by atoms with Gasteiger partial charge < -0.3 is 19.5 Å². The van der Waals surface area contributed by atoms with Crippen molar-refractivity contribution in [1.82, 2.24) is 0 Å². The van der Waals surface area contributed by atoms with Gasteiger partial charge in [-0.15, -0.1) is 0 Å². The lowest BCUT2D eigenvalue weighted by molar-refractivity contribution is -0.143. The van der Waals surface area contributed by atoms with Crippen molar-refractivity contribution < 1.29 is 24.2 Å². The Morgan fingerprint density at radius 3 is 2.05 bits per heavy atom. The first-order valence-corrected chi connectivity index (χ1v) is 7.42. The molecule has 0 aliphatic carbocycles. The van der Waals surface area contributed by atoms with E-state index in [2.05, 4.69) is 0 Å². The third-order valence-electron chi connectivity index (χ3n) is 2.98. The van der Waals surface area contributed by atoms with Crippen LogP contribution in [0.5, 0.6) is 5.75 Å². The highest BCUT2D eigenvalue weighted by Gasteiger charge is 2.13. The summed E-state index contributed by atoms with van der Waals surface area (Å²) in [7, 11) is 0. The number of carbonyl (C=O) groups excluding carboxylic acids is 2. The van der Waals surface area contributed by atoms with E-state index in [1.807, 2.05) is 11.0 Å². The second-order valence-electron chi connectivity index (χ2n) is 4.62. The Morgan fingerprint density at radius 1 is 1.05 bits per heavy atom. The Morgan fingerprint density at radius 2 is 1.59 bits per heavy atom. The van der Waals surface area contributed by atoms with E-state index in [-0.39, 0.29) is 30.5 Å². The maximum absolute atomic E-state index is 11.5. The maximum atomic E-state index is 11.5. The molecule has 1 aromatic carbocycles. The third kappa shape index (κ3) is 6.47. The number of benzene rings is 1. The zero-order valence-corrected chi connectivity index (χ0v) is 13.1. The number of nitrogens with zero attached hydrogens (tertiary/aromatic N) is 1. The van der Waals surface area contributed by atoms with Gasteiger partial charge in [0.15, 0.2) is 0 Å². The maximum Gasteiger partial charge on any atom is 0.307 e. The van der Waals surface area contributed by atoms with E-state index in [9.17, 15) is 14.7 Å². The molecule has 0 fully saturated rings. The summed E-state index contributed by atoms with van der Waals surface area (Å²) in [6.07, 6.45) is 0.429. The first-order chi connectivity index (χ1) is 10.6. The number of carbonyl (C=O) groups is 2. The van der Waals surface area contributed by atoms with Crippen LogP contribution >= 0.6 is 0 Å². The van der Waals surface area contributed by atoms with E-state index < -0.39 is 0 Å².